The zero-order valence-corrected chi connectivity index (χ0v) is 19.2. The number of rotatable bonds is 5. The SMILES string of the molecule is O=C(N1CC2(CC(c3n[nH]c(C4CC4)n3)C2)C1)N1CC2(CN(Cc3nnn(CC(F)(F)F)n3)C2)C1. The summed E-state index contributed by atoms with van der Waals surface area (Å²) < 4.78 is 37.3. The van der Waals surface area contributed by atoms with Gasteiger partial charge in [-0.05, 0) is 30.9 Å². The number of carbonyl (C=O) groups excluding carboxylic acids is 1. The molecule has 2 aromatic heterocycles. The molecule has 2 amide bonds. The minimum absolute atomic E-state index is 0.0899. The van der Waals surface area contributed by atoms with Crippen LogP contribution in [-0.4, -0.2) is 102 Å². The number of aromatic nitrogens is 7. The van der Waals surface area contributed by atoms with Crippen LogP contribution >= 0.6 is 0 Å². The number of urea groups is 1. The summed E-state index contributed by atoms with van der Waals surface area (Å²) in [5, 5.41) is 18.5. The van der Waals surface area contributed by atoms with Crippen molar-refractivity contribution in [1.82, 2.24) is 50.1 Å². The minimum atomic E-state index is -4.37. The molecule has 1 N–H and O–H groups in total. The number of H-pyrrole nitrogens is 1. The van der Waals surface area contributed by atoms with Gasteiger partial charge in [0.05, 0.1) is 6.54 Å². The Morgan fingerprint density at radius 2 is 1.69 bits per heavy atom. The summed E-state index contributed by atoms with van der Waals surface area (Å²) in [5.41, 5.74) is 0.333. The third-order valence-electron chi connectivity index (χ3n) is 8.15. The molecule has 5 heterocycles. The zero-order chi connectivity index (χ0) is 24.0. The van der Waals surface area contributed by atoms with Crippen molar-refractivity contribution in [2.45, 2.75) is 56.8 Å². The van der Waals surface area contributed by atoms with Gasteiger partial charge < -0.3 is 9.80 Å². The molecule has 7 rings (SSSR count). The molecule has 11 nitrogen and oxygen atoms in total. The number of amides is 2. The van der Waals surface area contributed by atoms with Crippen LogP contribution < -0.4 is 0 Å². The molecular weight excluding hydrogens is 465 g/mol. The standard InChI is InChI=1S/C21H27F3N10O/c22-21(23,24)12-34-29-15(26-30-34)5-31-6-20(7-31)10-33(11-20)18(35)32-8-19(9-32)3-14(4-19)17-25-16(27-28-17)13-1-2-13/h13-14H,1-12H2,(H,25,27,28). The Morgan fingerprint density at radius 3 is 2.34 bits per heavy atom. The Labute approximate surface area is 199 Å². The molecule has 188 valence electrons. The van der Waals surface area contributed by atoms with Crippen molar-refractivity contribution >= 4 is 6.03 Å². The number of aromatic amines is 1. The highest BCUT2D eigenvalue weighted by Gasteiger charge is 2.58. The quantitative estimate of drug-likeness (QED) is 0.671. The van der Waals surface area contributed by atoms with Gasteiger partial charge in [-0.2, -0.15) is 23.1 Å². The molecule has 5 fully saturated rings. The molecule has 35 heavy (non-hydrogen) atoms. The summed E-state index contributed by atoms with van der Waals surface area (Å²) in [4.78, 5) is 24.1. The molecule has 2 aliphatic carbocycles. The summed E-state index contributed by atoms with van der Waals surface area (Å²) in [6.45, 7) is 3.80. The molecule has 3 aliphatic heterocycles. The van der Waals surface area contributed by atoms with Gasteiger partial charge in [0, 0.05) is 61.9 Å². The molecule has 3 saturated heterocycles. The van der Waals surface area contributed by atoms with E-state index in [9.17, 15) is 18.0 Å². The molecule has 5 aliphatic rings. The van der Waals surface area contributed by atoms with Gasteiger partial charge in [-0.3, -0.25) is 10.00 Å². The number of nitrogens with one attached hydrogen (secondary N) is 1. The Balaban J connectivity index is 0.832. The van der Waals surface area contributed by atoms with Crippen LogP contribution in [0.4, 0.5) is 18.0 Å². The fourth-order valence-corrected chi connectivity index (χ4v) is 6.41. The maximum Gasteiger partial charge on any atom is 0.409 e. The predicted octanol–water partition coefficient (Wildman–Crippen LogP) is 1.35. The Hall–Kier alpha value is -2.77. The Kier molecular flexibility index (Phi) is 4.39. The third kappa shape index (κ3) is 3.85. The summed E-state index contributed by atoms with van der Waals surface area (Å²) in [5.74, 6) is 3.26. The van der Waals surface area contributed by atoms with E-state index in [4.69, 9.17) is 0 Å². The summed E-state index contributed by atoms with van der Waals surface area (Å²) in [6.07, 6.45) is 0.162. The van der Waals surface area contributed by atoms with Crippen molar-refractivity contribution in [2.75, 3.05) is 39.3 Å². The fourth-order valence-electron chi connectivity index (χ4n) is 6.41. The predicted molar refractivity (Wildman–Crippen MR) is 113 cm³/mol. The van der Waals surface area contributed by atoms with Crippen LogP contribution in [0.15, 0.2) is 0 Å². The van der Waals surface area contributed by atoms with E-state index in [1.54, 1.807) is 0 Å². The van der Waals surface area contributed by atoms with E-state index in [1.807, 2.05) is 9.80 Å². The monoisotopic (exact) mass is 492 g/mol. The molecule has 2 saturated carbocycles. The van der Waals surface area contributed by atoms with Crippen molar-refractivity contribution in [3.05, 3.63) is 17.5 Å². The van der Waals surface area contributed by atoms with Crippen LogP contribution in [0.5, 0.6) is 0 Å². The van der Waals surface area contributed by atoms with Crippen LogP contribution in [0.3, 0.4) is 0 Å². The van der Waals surface area contributed by atoms with Gasteiger partial charge >= 0.3 is 12.2 Å². The zero-order valence-electron chi connectivity index (χ0n) is 19.2. The van der Waals surface area contributed by atoms with E-state index >= 15 is 0 Å². The van der Waals surface area contributed by atoms with Crippen LogP contribution in [-0.2, 0) is 13.1 Å². The maximum atomic E-state index is 12.9. The first-order valence-electron chi connectivity index (χ1n) is 12.2. The smallest absolute Gasteiger partial charge is 0.323 e. The molecule has 0 aromatic carbocycles. The van der Waals surface area contributed by atoms with Gasteiger partial charge in [0.25, 0.3) is 0 Å². The highest BCUT2D eigenvalue weighted by atomic mass is 19.4. The topological polar surface area (TPSA) is 112 Å². The second-order valence-electron chi connectivity index (χ2n) is 11.4. The summed E-state index contributed by atoms with van der Waals surface area (Å²) in [6, 6.07) is 0.119. The fraction of sp³-hybridized carbons (Fsp3) is 0.810. The minimum Gasteiger partial charge on any atom is -0.323 e. The van der Waals surface area contributed by atoms with E-state index in [0.717, 1.165) is 63.8 Å². The number of hydrogen-bond donors (Lipinski definition) is 1. The molecule has 0 radical (unpaired) electrons. The summed E-state index contributed by atoms with van der Waals surface area (Å²) >= 11 is 0. The van der Waals surface area contributed by atoms with Gasteiger partial charge in [-0.1, -0.05) is 0 Å². The van der Waals surface area contributed by atoms with Gasteiger partial charge in [0.15, 0.2) is 18.2 Å². The number of halogens is 3. The van der Waals surface area contributed by atoms with Gasteiger partial charge in [0.1, 0.15) is 5.82 Å². The van der Waals surface area contributed by atoms with Gasteiger partial charge in [-0.25, -0.2) is 9.78 Å². The van der Waals surface area contributed by atoms with Gasteiger partial charge in [-0.15, -0.1) is 10.2 Å². The summed E-state index contributed by atoms with van der Waals surface area (Å²) in [7, 11) is 0. The second-order valence-corrected chi connectivity index (χ2v) is 11.4. The average Bonchev–Trinajstić information content (AvgIpc) is 3.24. The largest absolute Gasteiger partial charge is 0.409 e. The molecule has 0 atom stereocenters. The molecule has 0 unspecified atom stereocenters. The molecule has 2 aromatic rings. The van der Waals surface area contributed by atoms with E-state index in [2.05, 4.69) is 35.5 Å². The highest BCUT2D eigenvalue weighted by molar-refractivity contribution is 5.77. The molecule has 0 bridgehead atoms. The lowest BCUT2D eigenvalue weighted by Crippen LogP contribution is -2.75. The van der Waals surface area contributed by atoms with E-state index in [1.165, 1.54) is 12.8 Å². The van der Waals surface area contributed by atoms with Crippen molar-refractivity contribution in [2.24, 2.45) is 10.8 Å². The number of alkyl halides is 3. The van der Waals surface area contributed by atoms with Crippen molar-refractivity contribution < 1.29 is 18.0 Å². The highest BCUT2D eigenvalue weighted by Crippen LogP contribution is 2.56. The normalized spacial score (nSPS) is 25.3. The molecule has 2 spiro atoms. The number of carbonyl (C=O) groups is 1. The lowest BCUT2D eigenvalue weighted by molar-refractivity contribution is -0.145. The van der Waals surface area contributed by atoms with Crippen molar-refractivity contribution in [3.8, 4) is 0 Å². The van der Waals surface area contributed by atoms with Gasteiger partial charge in [0.2, 0.25) is 0 Å². The number of hydrogen-bond acceptors (Lipinski definition) is 7. The lowest BCUT2D eigenvalue weighted by Gasteiger charge is -2.63. The van der Waals surface area contributed by atoms with E-state index in [-0.39, 0.29) is 22.7 Å². The first-order valence-corrected chi connectivity index (χ1v) is 12.2. The Bertz CT molecular complexity index is 1130. The van der Waals surface area contributed by atoms with Crippen LogP contribution in [0.25, 0.3) is 0 Å². The molecule has 14 heteroatoms. The lowest BCUT2D eigenvalue weighted by atomic mass is 9.57. The number of nitrogens with zero attached hydrogens (tertiary/aromatic N) is 9. The number of likely N-dealkylation sites (tertiary alicyclic amines) is 3. The molecular formula is C21H27F3N10O. The number of tetrazole rings is 1. The Morgan fingerprint density at radius 1 is 1.00 bits per heavy atom. The first kappa shape index (κ1) is 21.5. The third-order valence-corrected chi connectivity index (χ3v) is 8.15. The van der Waals surface area contributed by atoms with Crippen molar-refractivity contribution in [1.29, 1.82) is 0 Å². The van der Waals surface area contributed by atoms with E-state index < -0.39 is 12.7 Å². The average molecular weight is 493 g/mol. The maximum absolute atomic E-state index is 12.9. The second kappa shape index (κ2) is 7.14. The van der Waals surface area contributed by atoms with Crippen molar-refractivity contribution in [3.63, 3.8) is 0 Å². The van der Waals surface area contributed by atoms with Crippen LogP contribution in [0.1, 0.15) is 55.0 Å². The first-order chi connectivity index (χ1) is 16.7. The van der Waals surface area contributed by atoms with Crippen LogP contribution in [0.2, 0.25) is 0 Å². The van der Waals surface area contributed by atoms with E-state index in [0.29, 0.717) is 23.2 Å². The van der Waals surface area contributed by atoms with Crippen LogP contribution in [0, 0.1) is 10.8 Å².